The van der Waals surface area contributed by atoms with Crippen molar-refractivity contribution in [1.82, 2.24) is 15.6 Å². The Morgan fingerprint density at radius 3 is 2.50 bits per heavy atom. The Kier molecular flexibility index (Phi) is 11.3. The van der Waals surface area contributed by atoms with Gasteiger partial charge in [-0.3, -0.25) is 9.78 Å². The Labute approximate surface area is 275 Å². The zero-order valence-corrected chi connectivity index (χ0v) is 27.4. The minimum atomic E-state index is -1.08. The normalized spacial score (nSPS) is 17.1. The van der Waals surface area contributed by atoms with Crippen molar-refractivity contribution < 1.29 is 24.5 Å². The van der Waals surface area contributed by atoms with Gasteiger partial charge in [-0.05, 0) is 37.1 Å². The summed E-state index contributed by atoms with van der Waals surface area (Å²) in [6.07, 6.45) is 8.93. The molecule has 2 aromatic carbocycles. The van der Waals surface area contributed by atoms with Crippen LogP contribution in [-0.4, -0.2) is 53.0 Å². The second-order valence-electron chi connectivity index (χ2n) is 12.2. The van der Waals surface area contributed by atoms with Gasteiger partial charge in [-0.2, -0.15) is 5.26 Å². The fourth-order valence-electron chi connectivity index (χ4n) is 5.42. The lowest BCUT2D eigenvalue weighted by Crippen LogP contribution is -2.53. The van der Waals surface area contributed by atoms with E-state index in [1.54, 1.807) is 31.3 Å². The number of nitrogens with one attached hydrogen (secondary N) is 2. The Balaban J connectivity index is 1.69. The van der Waals surface area contributed by atoms with Crippen LogP contribution in [0.5, 0.6) is 11.5 Å². The average molecular weight is 645 g/mol. The molecule has 1 aromatic heterocycles. The fourth-order valence-corrected chi connectivity index (χ4v) is 5.66. The molecule has 0 radical (unpaired) electrons. The van der Waals surface area contributed by atoms with E-state index >= 15 is 0 Å². The Morgan fingerprint density at radius 2 is 1.83 bits per heavy atom. The predicted molar refractivity (Wildman–Crippen MR) is 178 cm³/mol. The van der Waals surface area contributed by atoms with Gasteiger partial charge >= 0.3 is 0 Å². The quantitative estimate of drug-likeness (QED) is 0.188. The summed E-state index contributed by atoms with van der Waals surface area (Å²) in [5.41, 5.74) is 1.08. The van der Waals surface area contributed by atoms with Crippen molar-refractivity contribution in [3.8, 4) is 17.6 Å². The number of benzene rings is 2. The zero-order valence-electron chi connectivity index (χ0n) is 26.6. The number of hydrogen-bond acceptors (Lipinski definition) is 8. The summed E-state index contributed by atoms with van der Waals surface area (Å²) in [7, 11) is 0. The van der Waals surface area contributed by atoms with Crippen molar-refractivity contribution in [2.45, 2.75) is 46.4 Å². The SMILES string of the molecule is CCNC(=O)C1(COc2cc(OCc3cncc(C#N)c3)c(CNC(C)(CO)CO)cc2Cl)C=CC=C(c2ccccc2)C1(C)C. The van der Waals surface area contributed by atoms with Crippen molar-refractivity contribution in [3.63, 3.8) is 0 Å². The number of carbonyl (C=O) groups is 1. The van der Waals surface area contributed by atoms with Crippen LogP contribution in [0.4, 0.5) is 0 Å². The number of aromatic nitrogens is 1. The van der Waals surface area contributed by atoms with Gasteiger partial charge in [0.15, 0.2) is 0 Å². The number of ether oxygens (including phenoxy) is 2. The first-order valence-electron chi connectivity index (χ1n) is 15.1. The molecule has 1 heterocycles. The molecule has 0 spiro atoms. The molecule has 242 valence electrons. The van der Waals surface area contributed by atoms with Gasteiger partial charge in [0.05, 0.1) is 29.3 Å². The van der Waals surface area contributed by atoms with Crippen LogP contribution in [0.3, 0.4) is 0 Å². The maximum Gasteiger partial charge on any atom is 0.234 e. The van der Waals surface area contributed by atoms with E-state index in [0.29, 0.717) is 39.8 Å². The summed E-state index contributed by atoms with van der Waals surface area (Å²) in [4.78, 5) is 18.0. The highest BCUT2D eigenvalue weighted by Crippen LogP contribution is 2.52. The number of aliphatic hydroxyl groups is 2. The Hall–Kier alpha value is -4.20. The van der Waals surface area contributed by atoms with Crippen molar-refractivity contribution in [1.29, 1.82) is 5.26 Å². The maximum atomic E-state index is 13.9. The molecule has 0 fully saturated rings. The van der Waals surface area contributed by atoms with Gasteiger partial charge in [-0.15, -0.1) is 0 Å². The van der Waals surface area contributed by atoms with E-state index in [4.69, 9.17) is 21.1 Å². The Bertz CT molecular complexity index is 1630. The Morgan fingerprint density at radius 1 is 1.09 bits per heavy atom. The number of pyridine rings is 1. The number of rotatable bonds is 14. The number of amides is 1. The number of aliphatic hydroxyl groups excluding tert-OH is 2. The lowest BCUT2D eigenvalue weighted by Gasteiger charge is -2.46. The molecule has 0 saturated heterocycles. The van der Waals surface area contributed by atoms with Crippen LogP contribution in [0.2, 0.25) is 5.02 Å². The first kappa shape index (κ1) is 34.7. The van der Waals surface area contributed by atoms with Crippen molar-refractivity contribution in [2.24, 2.45) is 10.8 Å². The smallest absolute Gasteiger partial charge is 0.234 e. The van der Waals surface area contributed by atoms with Gasteiger partial charge < -0.3 is 30.3 Å². The van der Waals surface area contributed by atoms with Gasteiger partial charge in [0, 0.05) is 48.1 Å². The molecule has 9 nitrogen and oxygen atoms in total. The third-order valence-corrected chi connectivity index (χ3v) is 8.85. The van der Waals surface area contributed by atoms with Crippen LogP contribution in [0.1, 0.15) is 49.9 Å². The van der Waals surface area contributed by atoms with E-state index in [1.807, 2.05) is 69.3 Å². The molecule has 1 amide bonds. The van der Waals surface area contributed by atoms with Gasteiger partial charge in [0.1, 0.15) is 36.2 Å². The van der Waals surface area contributed by atoms with Crippen molar-refractivity contribution in [2.75, 3.05) is 26.4 Å². The standard InChI is InChI=1S/C36H41ClN4O5/c1-5-40-33(44)36(13-9-12-29(34(36,2)3)27-10-7-6-8-11-27)24-46-32-16-31(45-21-26-14-25(17-38)18-39-19-26)28(15-30(32)37)20-41-35(4,22-42)23-43/h6-16,18-19,41-43H,5,20-24H2,1-4H3,(H,40,44). The highest BCUT2D eigenvalue weighted by Gasteiger charge is 2.53. The first-order chi connectivity index (χ1) is 22.0. The molecule has 4 N–H and O–H groups in total. The lowest BCUT2D eigenvalue weighted by molar-refractivity contribution is -0.134. The summed E-state index contributed by atoms with van der Waals surface area (Å²) >= 11 is 6.79. The number of nitriles is 1. The van der Waals surface area contributed by atoms with Crippen LogP contribution in [0.25, 0.3) is 5.57 Å². The third kappa shape index (κ3) is 7.43. The van der Waals surface area contributed by atoms with Crippen LogP contribution >= 0.6 is 11.6 Å². The van der Waals surface area contributed by atoms with E-state index in [2.05, 4.69) is 21.7 Å². The van der Waals surface area contributed by atoms with Crippen LogP contribution < -0.4 is 20.1 Å². The van der Waals surface area contributed by atoms with E-state index in [9.17, 15) is 20.3 Å². The molecule has 1 unspecified atom stereocenters. The van der Waals surface area contributed by atoms with E-state index < -0.39 is 16.4 Å². The van der Waals surface area contributed by atoms with Gasteiger partial charge in [-0.25, -0.2) is 0 Å². The minimum Gasteiger partial charge on any atom is -0.490 e. The molecule has 46 heavy (non-hydrogen) atoms. The summed E-state index contributed by atoms with van der Waals surface area (Å²) in [5, 5.41) is 35.3. The average Bonchev–Trinajstić information content (AvgIpc) is 3.07. The number of hydrogen-bond donors (Lipinski definition) is 4. The molecule has 1 aliphatic rings. The van der Waals surface area contributed by atoms with Crippen LogP contribution in [0.15, 0.2) is 79.2 Å². The highest BCUT2D eigenvalue weighted by molar-refractivity contribution is 6.32. The van der Waals surface area contributed by atoms with E-state index in [-0.39, 0.29) is 38.9 Å². The molecule has 0 bridgehead atoms. The first-order valence-corrected chi connectivity index (χ1v) is 15.5. The molecular formula is C36H41ClN4O5. The second kappa shape index (κ2) is 14.9. The van der Waals surface area contributed by atoms with E-state index in [1.165, 1.54) is 6.20 Å². The topological polar surface area (TPSA) is 137 Å². The second-order valence-corrected chi connectivity index (χ2v) is 12.6. The maximum absolute atomic E-state index is 13.9. The zero-order chi connectivity index (χ0) is 33.4. The van der Waals surface area contributed by atoms with E-state index in [0.717, 1.165) is 11.1 Å². The lowest BCUT2D eigenvalue weighted by atomic mass is 9.58. The van der Waals surface area contributed by atoms with Crippen LogP contribution in [0, 0.1) is 22.2 Å². The molecule has 0 saturated carbocycles. The van der Waals surface area contributed by atoms with Gasteiger partial charge in [-0.1, -0.05) is 74.0 Å². The summed E-state index contributed by atoms with van der Waals surface area (Å²) < 4.78 is 12.6. The minimum absolute atomic E-state index is 0.00943. The molecule has 4 rings (SSSR count). The number of nitrogens with zero attached hydrogens (tertiary/aromatic N) is 2. The number of carbonyl (C=O) groups excluding carboxylic acids is 1. The van der Waals surface area contributed by atoms with Gasteiger partial charge in [0.25, 0.3) is 0 Å². The highest BCUT2D eigenvalue weighted by atomic mass is 35.5. The van der Waals surface area contributed by atoms with Crippen molar-refractivity contribution in [3.05, 3.63) is 106 Å². The largest absolute Gasteiger partial charge is 0.490 e. The van der Waals surface area contributed by atoms with Gasteiger partial charge in [0.2, 0.25) is 5.91 Å². The third-order valence-electron chi connectivity index (χ3n) is 8.55. The summed E-state index contributed by atoms with van der Waals surface area (Å²) in [5.74, 6) is 0.589. The van der Waals surface area contributed by atoms with Crippen LogP contribution in [-0.2, 0) is 17.9 Å². The molecular weight excluding hydrogens is 604 g/mol. The summed E-state index contributed by atoms with van der Waals surface area (Å²) in [6, 6.07) is 17.1. The number of allylic oxidation sites excluding steroid dienone is 3. The molecule has 1 atom stereocenters. The summed E-state index contributed by atoms with van der Waals surface area (Å²) in [6.45, 7) is 7.87. The molecule has 0 aliphatic heterocycles. The molecule has 10 heteroatoms. The number of halogens is 1. The monoisotopic (exact) mass is 644 g/mol. The van der Waals surface area contributed by atoms with Crippen molar-refractivity contribution >= 4 is 23.1 Å². The molecule has 1 aliphatic carbocycles. The molecule has 3 aromatic rings. The predicted octanol–water partition coefficient (Wildman–Crippen LogP) is 5.20. The fraction of sp³-hybridized carbons (Fsp3) is 0.361.